The first-order chi connectivity index (χ1) is 13.7. The van der Waals surface area contributed by atoms with Crippen molar-refractivity contribution in [1.29, 1.82) is 0 Å². The Bertz CT molecular complexity index is 1100. The molecule has 0 fully saturated rings. The fraction of sp³-hybridized carbons (Fsp3) is 0.182. The molecule has 4 nitrogen and oxygen atoms in total. The quantitative estimate of drug-likeness (QED) is 0.685. The molecule has 0 saturated carbocycles. The van der Waals surface area contributed by atoms with Crippen LogP contribution < -0.4 is 10.7 Å². The van der Waals surface area contributed by atoms with Crippen molar-refractivity contribution >= 4 is 11.6 Å². The highest BCUT2D eigenvalue weighted by atomic mass is 19.4. The number of amides is 1. The Kier molecular flexibility index (Phi) is 5.59. The molecule has 0 aliphatic rings. The number of benzene rings is 2. The number of nitrogens with zero attached hydrogens (tertiary/aromatic N) is 1. The molecule has 0 radical (unpaired) electrons. The molecule has 29 heavy (non-hydrogen) atoms. The Hall–Kier alpha value is -3.35. The molecule has 0 atom stereocenters. The highest BCUT2D eigenvalue weighted by Crippen LogP contribution is 2.30. The Morgan fingerprint density at radius 1 is 1.00 bits per heavy atom. The monoisotopic (exact) mass is 400 g/mol. The van der Waals surface area contributed by atoms with Crippen LogP contribution in [0.2, 0.25) is 0 Å². The van der Waals surface area contributed by atoms with E-state index in [1.54, 1.807) is 13.8 Å². The van der Waals surface area contributed by atoms with E-state index in [1.165, 1.54) is 18.2 Å². The average molecular weight is 400 g/mol. The molecule has 0 spiro atoms. The zero-order chi connectivity index (χ0) is 21.2. The molecule has 1 heterocycles. The molecule has 1 N–H and O–H groups in total. The van der Waals surface area contributed by atoms with Gasteiger partial charge >= 0.3 is 6.18 Å². The summed E-state index contributed by atoms with van der Waals surface area (Å²) >= 11 is 0. The van der Waals surface area contributed by atoms with Gasteiger partial charge in [-0.2, -0.15) is 13.2 Å². The largest absolute Gasteiger partial charge is 0.416 e. The summed E-state index contributed by atoms with van der Waals surface area (Å²) in [7, 11) is 0. The zero-order valence-electron chi connectivity index (χ0n) is 15.9. The lowest BCUT2D eigenvalue weighted by atomic mass is 10.1. The lowest BCUT2D eigenvalue weighted by Gasteiger charge is -2.18. The summed E-state index contributed by atoms with van der Waals surface area (Å²) in [6.45, 7) is 3.88. The van der Waals surface area contributed by atoms with Crippen molar-refractivity contribution in [3.63, 3.8) is 0 Å². The zero-order valence-corrected chi connectivity index (χ0v) is 15.9. The number of aromatic nitrogens is 1. The first-order valence-electron chi connectivity index (χ1n) is 8.90. The number of pyridine rings is 1. The molecule has 2 aromatic carbocycles. The number of anilines is 1. The Morgan fingerprint density at radius 2 is 1.69 bits per heavy atom. The van der Waals surface area contributed by atoms with Crippen LogP contribution in [0.15, 0.2) is 65.5 Å². The van der Waals surface area contributed by atoms with Crippen molar-refractivity contribution in [2.75, 3.05) is 5.32 Å². The molecular weight excluding hydrogens is 381 g/mol. The van der Waals surface area contributed by atoms with E-state index in [2.05, 4.69) is 5.32 Å². The third kappa shape index (κ3) is 4.56. The van der Waals surface area contributed by atoms with Crippen LogP contribution in [0.1, 0.15) is 32.9 Å². The average Bonchev–Trinajstić information content (AvgIpc) is 2.65. The predicted octanol–water partition coefficient (Wildman–Crippen LogP) is 4.78. The van der Waals surface area contributed by atoms with Crippen LogP contribution in [0.3, 0.4) is 0 Å². The van der Waals surface area contributed by atoms with E-state index in [-0.39, 0.29) is 11.3 Å². The molecule has 0 unspecified atom stereocenters. The predicted molar refractivity (Wildman–Crippen MR) is 105 cm³/mol. The summed E-state index contributed by atoms with van der Waals surface area (Å²) in [6, 6.07) is 15.2. The Balaban J connectivity index is 1.95. The molecular formula is C22H19F3N2O2. The minimum atomic E-state index is -4.52. The van der Waals surface area contributed by atoms with E-state index in [0.29, 0.717) is 17.9 Å². The van der Waals surface area contributed by atoms with Crippen LogP contribution in [0.25, 0.3) is 0 Å². The molecule has 3 rings (SSSR count). The third-order valence-electron chi connectivity index (χ3n) is 4.64. The van der Waals surface area contributed by atoms with E-state index < -0.39 is 23.1 Å². The molecule has 0 saturated heterocycles. The van der Waals surface area contributed by atoms with Gasteiger partial charge in [-0.05, 0) is 37.6 Å². The molecule has 0 aliphatic carbocycles. The summed E-state index contributed by atoms with van der Waals surface area (Å²) in [5.41, 5.74) is 0.649. The number of aryl methyl sites for hydroxylation is 1. The Labute approximate surface area is 165 Å². The fourth-order valence-electron chi connectivity index (χ4n) is 3.17. The van der Waals surface area contributed by atoms with Crippen molar-refractivity contribution in [3.05, 3.63) is 99.0 Å². The standard InChI is InChI=1S/C22H19F3N2O2/c1-14-11-19(28)20(15(2)27(14)13-16-7-4-3-5-8-16)21(29)26-18-10-6-9-17(12-18)22(23,24)25/h3-12H,13H2,1-2H3,(H,26,29). The van der Waals surface area contributed by atoms with Gasteiger partial charge in [0.1, 0.15) is 5.56 Å². The lowest BCUT2D eigenvalue weighted by Crippen LogP contribution is -2.27. The van der Waals surface area contributed by atoms with Gasteiger partial charge in [0.25, 0.3) is 5.91 Å². The van der Waals surface area contributed by atoms with Crippen LogP contribution in [0.5, 0.6) is 0 Å². The first kappa shape index (κ1) is 20.4. The minimum Gasteiger partial charge on any atom is -0.344 e. The number of nitrogens with one attached hydrogen (secondary N) is 1. The number of hydrogen-bond donors (Lipinski definition) is 1. The number of alkyl halides is 3. The highest BCUT2D eigenvalue weighted by molar-refractivity contribution is 6.05. The van der Waals surface area contributed by atoms with Gasteiger partial charge in [0.15, 0.2) is 5.43 Å². The minimum absolute atomic E-state index is 0.0289. The summed E-state index contributed by atoms with van der Waals surface area (Å²) in [5.74, 6) is -0.742. The maximum atomic E-state index is 12.9. The second kappa shape index (κ2) is 7.95. The number of rotatable bonds is 4. The highest BCUT2D eigenvalue weighted by Gasteiger charge is 2.30. The normalized spacial score (nSPS) is 11.3. The van der Waals surface area contributed by atoms with Crippen molar-refractivity contribution in [3.8, 4) is 0 Å². The summed E-state index contributed by atoms with van der Waals surface area (Å²) in [5, 5.41) is 2.41. The van der Waals surface area contributed by atoms with Crippen LogP contribution >= 0.6 is 0 Å². The number of carbonyl (C=O) groups excluding carboxylic acids is 1. The van der Waals surface area contributed by atoms with Gasteiger partial charge < -0.3 is 9.88 Å². The smallest absolute Gasteiger partial charge is 0.344 e. The SMILES string of the molecule is Cc1cc(=O)c(C(=O)Nc2cccc(C(F)(F)F)c2)c(C)n1Cc1ccccc1. The maximum Gasteiger partial charge on any atom is 0.416 e. The third-order valence-corrected chi connectivity index (χ3v) is 4.64. The van der Waals surface area contributed by atoms with E-state index in [9.17, 15) is 22.8 Å². The van der Waals surface area contributed by atoms with Crippen molar-refractivity contribution in [2.24, 2.45) is 0 Å². The van der Waals surface area contributed by atoms with E-state index in [1.807, 2.05) is 34.9 Å². The summed E-state index contributed by atoms with van der Waals surface area (Å²) < 4.78 is 40.5. The van der Waals surface area contributed by atoms with Crippen molar-refractivity contribution < 1.29 is 18.0 Å². The van der Waals surface area contributed by atoms with Crippen LogP contribution in [0.4, 0.5) is 18.9 Å². The Morgan fingerprint density at radius 3 is 2.34 bits per heavy atom. The topological polar surface area (TPSA) is 51.1 Å². The van der Waals surface area contributed by atoms with Crippen molar-refractivity contribution in [1.82, 2.24) is 4.57 Å². The van der Waals surface area contributed by atoms with E-state index >= 15 is 0 Å². The van der Waals surface area contributed by atoms with Gasteiger partial charge in [0.2, 0.25) is 0 Å². The second-order valence-electron chi connectivity index (χ2n) is 6.71. The molecule has 0 aliphatic heterocycles. The van der Waals surface area contributed by atoms with Crippen LogP contribution in [-0.4, -0.2) is 10.5 Å². The molecule has 1 aromatic heterocycles. The molecule has 0 bridgehead atoms. The van der Waals surface area contributed by atoms with Gasteiger partial charge in [0.05, 0.1) is 5.56 Å². The summed E-state index contributed by atoms with van der Waals surface area (Å²) in [6.07, 6.45) is -4.52. The van der Waals surface area contributed by atoms with E-state index in [0.717, 1.165) is 17.7 Å². The number of carbonyl (C=O) groups is 1. The molecule has 1 amide bonds. The van der Waals surface area contributed by atoms with Crippen LogP contribution in [0, 0.1) is 13.8 Å². The van der Waals surface area contributed by atoms with E-state index in [4.69, 9.17) is 0 Å². The summed E-state index contributed by atoms with van der Waals surface area (Å²) in [4.78, 5) is 25.2. The number of halogens is 3. The van der Waals surface area contributed by atoms with Gasteiger partial charge in [-0.1, -0.05) is 36.4 Å². The molecule has 150 valence electrons. The molecule has 3 aromatic rings. The maximum absolute atomic E-state index is 12.9. The van der Waals surface area contributed by atoms with Crippen molar-refractivity contribution in [2.45, 2.75) is 26.6 Å². The van der Waals surface area contributed by atoms with Crippen LogP contribution in [-0.2, 0) is 12.7 Å². The lowest BCUT2D eigenvalue weighted by molar-refractivity contribution is -0.137. The van der Waals surface area contributed by atoms with Gasteiger partial charge in [0, 0.05) is 29.7 Å². The number of hydrogen-bond acceptors (Lipinski definition) is 2. The second-order valence-corrected chi connectivity index (χ2v) is 6.71. The van der Waals surface area contributed by atoms with Gasteiger partial charge in [-0.25, -0.2) is 0 Å². The molecule has 7 heteroatoms. The first-order valence-corrected chi connectivity index (χ1v) is 8.90. The fourth-order valence-corrected chi connectivity index (χ4v) is 3.17. The van der Waals surface area contributed by atoms with Gasteiger partial charge in [-0.15, -0.1) is 0 Å². The van der Waals surface area contributed by atoms with Gasteiger partial charge in [-0.3, -0.25) is 9.59 Å².